The Kier molecular flexibility index (Phi) is 6.17. The van der Waals surface area contributed by atoms with Gasteiger partial charge < -0.3 is 9.30 Å². The molecule has 0 radical (unpaired) electrons. The minimum absolute atomic E-state index is 1.12. The molecule has 46 heavy (non-hydrogen) atoms. The molecule has 9 aromatic rings. The van der Waals surface area contributed by atoms with Gasteiger partial charge >= 0.3 is 0 Å². The summed E-state index contributed by atoms with van der Waals surface area (Å²) in [5.41, 5.74) is 10.8. The van der Waals surface area contributed by atoms with E-state index in [1.54, 1.807) is 0 Å². The summed E-state index contributed by atoms with van der Waals surface area (Å²) in [4.78, 5) is 2.43. The summed E-state index contributed by atoms with van der Waals surface area (Å²) in [6, 6.07) is 63.4. The highest BCUT2D eigenvalue weighted by molar-refractivity contribution is 6.17. The minimum Gasteiger partial charge on any atom is -0.315 e. The first-order valence-electron chi connectivity index (χ1n) is 15.8. The molecule has 0 aliphatic rings. The van der Waals surface area contributed by atoms with E-state index in [9.17, 15) is 0 Å². The summed E-state index contributed by atoms with van der Waals surface area (Å²) >= 11 is 0. The van der Waals surface area contributed by atoms with Gasteiger partial charge in [-0.1, -0.05) is 140 Å². The van der Waals surface area contributed by atoms with Gasteiger partial charge in [-0.05, 0) is 58.5 Å². The smallest absolute Gasteiger partial charge is 0.0620 e. The number of aromatic nitrogens is 1. The number of fused-ring (bicyclic) bond motifs is 6. The fourth-order valence-electron chi connectivity index (χ4n) is 7.10. The number of rotatable bonds is 5. The van der Waals surface area contributed by atoms with Gasteiger partial charge in [0.05, 0.1) is 22.4 Å². The molecule has 0 amide bonds. The normalized spacial score (nSPS) is 11.5. The van der Waals surface area contributed by atoms with Crippen LogP contribution in [-0.4, -0.2) is 4.40 Å². The third-order valence-corrected chi connectivity index (χ3v) is 9.18. The fraction of sp³-hybridized carbons (Fsp3) is 0. The molecule has 0 bridgehead atoms. The standard InChI is InChI=1S/C44H30N2/c1-3-13-31(14-4-1)32-25-27-35(28-26-32)46(41-23-11-18-33-15-7-8-19-36(33)41)42-24-12-21-38-37(42)29-30-45-40-22-10-9-20-39(40)43(44(38)45)34-16-5-2-6-17-34/h1-30H. The maximum Gasteiger partial charge on any atom is 0.0620 e. The van der Waals surface area contributed by atoms with Gasteiger partial charge in [0.25, 0.3) is 0 Å². The molecule has 0 aliphatic heterocycles. The Hall–Kier alpha value is -6.12. The van der Waals surface area contributed by atoms with E-state index in [4.69, 9.17) is 0 Å². The van der Waals surface area contributed by atoms with Gasteiger partial charge in [-0.15, -0.1) is 0 Å². The van der Waals surface area contributed by atoms with Crippen LogP contribution in [0.2, 0.25) is 0 Å². The maximum absolute atomic E-state index is 2.43. The van der Waals surface area contributed by atoms with E-state index in [-0.39, 0.29) is 0 Å². The van der Waals surface area contributed by atoms with Gasteiger partial charge in [-0.25, -0.2) is 0 Å². The lowest BCUT2D eigenvalue weighted by Crippen LogP contribution is -2.11. The van der Waals surface area contributed by atoms with Crippen LogP contribution >= 0.6 is 0 Å². The highest BCUT2D eigenvalue weighted by Crippen LogP contribution is 2.45. The molecule has 0 saturated heterocycles. The number of pyridine rings is 1. The van der Waals surface area contributed by atoms with Gasteiger partial charge in [-0.3, -0.25) is 0 Å². The van der Waals surface area contributed by atoms with Gasteiger partial charge in [0.15, 0.2) is 0 Å². The Balaban J connectivity index is 1.34. The second kappa shape index (κ2) is 10.8. The highest BCUT2D eigenvalue weighted by atomic mass is 15.1. The summed E-state index contributed by atoms with van der Waals surface area (Å²) < 4.78 is 2.36. The SMILES string of the molecule is c1ccc(-c2ccc(N(c3cccc4ccccc34)c3cccc4c3ccn3c5ccccc5c(-c5ccccc5)c43)cc2)cc1. The molecule has 0 saturated carbocycles. The molecule has 0 aliphatic carbocycles. The van der Waals surface area contributed by atoms with Gasteiger partial charge in [0, 0.05) is 39.0 Å². The molecule has 2 nitrogen and oxygen atoms in total. The molecule has 0 N–H and O–H groups in total. The van der Waals surface area contributed by atoms with Crippen molar-refractivity contribution in [3.05, 3.63) is 182 Å². The Labute approximate surface area is 268 Å². The number of hydrogen-bond acceptors (Lipinski definition) is 1. The third kappa shape index (κ3) is 4.19. The predicted molar refractivity (Wildman–Crippen MR) is 195 cm³/mol. The molecule has 9 rings (SSSR count). The number of nitrogens with zero attached hydrogens (tertiary/aromatic N) is 2. The van der Waals surface area contributed by atoms with Crippen molar-refractivity contribution >= 4 is 55.0 Å². The Bertz CT molecular complexity index is 2500. The molecule has 0 unspecified atom stereocenters. The van der Waals surface area contributed by atoms with Crippen LogP contribution in [0.1, 0.15) is 0 Å². The van der Waals surface area contributed by atoms with E-state index >= 15 is 0 Å². The zero-order chi connectivity index (χ0) is 30.5. The van der Waals surface area contributed by atoms with Crippen molar-refractivity contribution in [3.8, 4) is 22.3 Å². The van der Waals surface area contributed by atoms with Crippen molar-refractivity contribution in [2.75, 3.05) is 4.90 Å². The topological polar surface area (TPSA) is 7.65 Å². The van der Waals surface area contributed by atoms with Crippen molar-refractivity contribution in [1.82, 2.24) is 4.40 Å². The van der Waals surface area contributed by atoms with E-state index in [2.05, 4.69) is 191 Å². The molecule has 2 heteroatoms. The molecular formula is C44H30N2. The summed E-state index contributed by atoms with van der Waals surface area (Å²) in [5.74, 6) is 0. The van der Waals surface area contributed by atoms with Crippen molar-refractivity contribution in [2.24, 2.45) is 0 Å². The van der Waals surface area contributed by atoms with E-state index in [1.165, 1.54) is 60.2 Å². The van der Waals surface area contributed by atoms with Crippen LogP contribution in [-0.2, 0) is 0 Å². The van der Waals surface area contributed by atoms with Gasteiger partial charge in [0.1, 0.15) is 0 Å². The fourth-order valence-corrected chi connectivity index (χ4v) is 7.10. The Morgan fingerprint density at radius 1 is 0.370 bits per heavy atom. The number of anilines is 3. The summed E-state index contributed by atoms with van der Waals surface area (Å²) in [6.07, 6.45) is 2.25. The minimum atomic E-state index is 1.12. The van der Waals surface area contributed by atoms with Crippen LogP contribution in [0.5, 0.6) is 0 Å². The predicted octanol–water partition coefficient (Wildman–Crippen LogP) is 12.2. The lowest BCUT2D eigenvalue weighted by atomic mass is 9.99. The molecule has 2 heterocycles. The number of para-hydroxylation sites is 1. The van der Waals surface area contributed by atoms with Crippen LogP contribution < -0.4 is 4.90 Å². The molecular weight excluding hydrogens is 556 g/mol. The first-order valence-corrected chi connectivity index (χ1v) is 15.8. The van der Waals surface area contributed by atoms with Crippen LogP contribution in [0.25, 0.3) is 60.2 Å². The van der Waals surface area contributed by atoms with E-state index in [0.717, 1.165) is 17.1 Å². The second-order valence-electron chi connectivity index (χ2n) is 11.8. The average molecular weight is 587 g/mol. The Morgan fingerprint density at radius 2 is 0.935 bits per heavy atom. The van der Waals surface area contributed by atoms with Crippen LogP contribution in [0.3, 0.4) is 0 Å². The maximum atomic E-state index is 2.43. The van der Waals surface area contributed by atoms with Crippen LogP contribution in [0.4, 0.5) is 17.1 Å². The van der Waals surface area contributed by atoms with E-state index in [1.807, 2.05) is 0 Å². The molecule has 7 aromatic carbocycles. The molecule has 2 aromatic heterocycles. The lowest BCUT2D eigenvalue weighted by molar-refractivity contribution is 1.26. The zero-order valence-corrected chi connectivity index (χ0v) is 25.2. The summed E-state index contributed by atoms with van der Waals surface area (Å²) in [5, 5.41) is 6.12. The summed E-state index contributed by atoms with van der Waals surface area (Å²) in [6.45, 7) is 0. The van der Waals surface area contributed by atoms with Gasteiger partial charge in [-0.2, -0.15) is 0 Å². The van der Waals surface area contributed by atoms with Crippen molar-refractivity contribution in [2.45, 2.75) is 0 Å². The Morgan fingerprint density at radius 3 is 1.72 bits per heavy atom. The lowest BCUT2D eigenvalue weighted by Gasteiger charge is -2.28. The van der Waals surface area contributed by atoms with Crippen molar-refractivity contribution in [1.29, 1.82) is 0 Å². The van der Waals surface area contributed by atoms with E-state index < -0.39 is 0 Å². The zero-order valence-electron chi connectivity index (χ0n) is 25.2. The van der Waals surface area contributed by atoms with Crippen molar-refractivity contribution in [3.63, 3.8) is 0 Å². The molecule has 216 valence electrons. The average Bonchev–Trinajstić information content (AvgIpc) is 3.48. The monoisotopic (exact) mass is 586 g/mol. The van der Waals surface area contributed by atoms with Crippen LogP contribution in [0, 0.1) is 0 Å². The number of benzene rings is 7. The summed E-state index contributed by atoms with van der Waals surface area (Å²) in [7, 11) is 0. The van der Waals surface area contributed by atoms with Crippen molar-refractivity contribution < 1.29 is 0 Å². The first kappa shape index (κ1) is 26.3. The van der Waals surface area contributed by atoms with Crippen LogP contribution in [0.15, 0.2) is 182 Å². The number of hydrogen-bond donors (Lipinski definition) is 0. The van der Waals surface area contributed by atoms with E-state index in [0.29, 0.717) is 0 Å². The molecule has 0 fully saturated rings. The third-order valence-electron chi connectivity index (χ3n) is 9.18. The van der Waals surface area contributed by atoms with Gasteiger partial charge in [0.2, 0.25) is 0 Å². The molecule has 0 spiro atoms. The highest BCUT2D eigenvalue weighted by Gasteiger charge is 2.21. The largest absolute Gasteiger partial charge is 0.315 e. The quantitative estimate of drug-likeness (QED) is 0.195. The second-order valence-corrected chi connectivity index (χ2v) is 11.8. The first-order chi connectivity index (χ1) is 22.8. The molecule has 0 atom stereocenters.